The first-order valence-corrected chi connectivity index (χ1v) is 4.88. The van der Waals surface area contributed by atoms with Crippen LogP contribution in [0.1, 0.15) is 18.8 Å². The highest BCUT2D eigenvalue weighted by Gasteiger charge is 2.13. The highest BCUT2D eigenvalue weighted by atomic mass is 16.1. The molecule has 0 saturated heterocycles. The molecule has 80 valence electrons. The first-order chi connectivity index (χ1) is 7.70. The minimum absolute atomic E-state index is 0.177. The van der Waals surface area contributed by atoms with Crippen molar-refractivity contribution in [2.75, 3.05) is 0 Å². The van der Waals surface area contributed by atoms with E-state index in [0.717, 1.165) is 11.0 Å². The number of aromatic amines is 1. The molecule has 0 aliphatic rings. The number of fused-ring (bicyclic) bond motifs is 1. The Balaban J connectivity index is 2.38. The van der Waals surface area contributed by atoms with Crippen LogP contribution in [0, 0.1) is 12.3 Å². The molecule has 0 aliphatic carbocycles. The second-order valence-corrected chi connectivity index (χ2v) is 3.44. The van der Waals surface area contributed by atoms with Gasteiger partial charge in [-0.15, -0.1) is 6.42 Å². The van der Waals surface area contributed by atoms with Gasteiger partial charge in [-0.2, -0.15) is 0 Å². The third-order valence-electron chi connectivity index (χ3n) is 2.20. The van der Waals surface area contributed by atoms with Gasteiger partial charge in [0.2, 0.25) is 5.91 Å². The van der Waals surface area contributed by atoms with E-state index in [1.807, 2.05) is 24.3 Å². The zero-order valence-corrected chi connectivity index (χ0v) is 8.82. The van der Waals surface area contributed by atoms with Gasteiger partial charge in [-0.1, -0.05) is 18.1 Å². The predicted octanol–water partition coefficient (Wildman–Crippen LogP) is 1.37. The largest absolute Gasteiger partial charge is 0.339 e. The second-order valence-electron chi connectivity index (χ2n) is 3.44. The van der Waals surface area contributed by atoms with Crippen molar-refractivity contribution in [3.63, 3.8) is 0 Å². The molecule has 2 N–H and O–H groups in total. The average molecular weight is 213 g/mol. The number of terminal acetylenes is 1. The minimum atomic E-state index is -0.509. The van der Waals surface area contributed by atoms with Gasteiger partial charge in [-0.05, 0) is 12.1 Å². The summed E-state index contributed by atoms with van der Waals surface area (Å²) in [5.41, 5.74) is 1.74. The van der Waals surface area contributed by atoms with Crippen molar-refractivity contribution in [2.45, 2.75) is 13.0 Å². The summed E-state index contributed by atoms with van der Waals surface area (Å²) in [6.45, 7) is 1.42. The van der Waals surface area contributed by atoms with Crippen molar-refractivity contribution >= 4 is 16.9 Å². The van der Waals surface area contributed by atoms with E-state index in [4.69, 9.17) is 6.42 Å². The smallest absolute Gasteiger partial charge is 0.218 e. The molecule has 0 unspecified atom stereocenters. The van der Waals surface area contributed by atoms with Crippen LogP contribution in [0.25, 0.3) is 11.0 Å². The summed E-state index contributed by atoms with van der Waals surface area (Å²) in [7, 11) is 0. The quantitative estimate of drug-likeness (QED) is 0.740. The van der Waals surface area contributed by atoms with Crippen LogP contribution in [-0.4, -0.2) is 15.9 Å². The summed E-state index contributed by atoms with van der Waals surface area (Å²) < 4.78 is 0. The predicted molar refractivity (Wildman–Crippen MR) is 61.5 cm³/mol. The second kappa shape index (κ2) is 4.07. The molecule has 1 heterocycles. The fourth-order valence-electron chi connectivity index (χ4n) is 1.50. The fraction of sp³-hybridized carbons (Fsp3) is 0.167. The summed E-state index contributed by atoms with van der Waals surface area (Å²) in [5, 5.41) is 2.64. The van der Waals surface area contributed by atoms with Crippen LogP contribution < -0.4 is 5.32 Å². The SMILES string of the molecule is C#C[C@H](NC(C)=O)c1nc2ccccc2[nH]1. The number of carbonyl (C=O) groups excluding carboxylic acids is 1. The van der Waals surface area contributed by atoms with Crippen LogP contribution >= 0.6 is 0 Å². The molecule has 0 bridgehead atoms. The summed E-state index contributed by atoms with van der Waals surface area (Å²) in [5.74, 6) is 2.89. The number of hydrogen-bond acceptors (Lipinski definition) is 2. The molecule has 1 aromatic carbocycles. The Morgan fingerprint density at radius 3 is 2.94 bits per heavy atom. The lowest BCUT2D eigenvalue weighted by Crippen LogP contribution is -2.25. The summed E-state index contributed by atoms with van der Waals surface area (Å²) in [6.07, 6.45) is 5.35. The number of imidazole rings is 1. The van der Waals surface area contributed by atoms with Gasteiger partial charge in [0.05, 0.1) is 11.0 Å². The van der Waals surface area contributed by atoms with Crippen LogP contribution in [0.4, 0.5) is 0 Å². The Kier molecular flexibility index (Phi) is 2.61. The number of rotatable bonds is 2. The molecule has 0 saturated carbocycles. The monoisotopic (exact) mass is 213 g/mol. The molecule has 0 spiro atoms. The standard InChI is InChI=1S/C12H11N3O/c1-3-9(13-8(2)16)12-14-10-6-4-5-7-11(10)15-12/h1,4-7,9H,2H3,(H,13,16)(H,14,15)/t9-/m0/s1. The van der Waals surface area contributed by atoms with Crippen LogP contribution in [0.2, 0.25) is 0 Å². The lowest BCUT2D eigenvalue weighted by Gasteiger charge is -2.07. The van der Waals surface area contributed by atoms with Crippen LogP contribution in [0.15, 0.2) is 24.3 Å². The maximum atomic E-state index is 11.0. The third-order valence-corrected chi connectivity index (χ3v) is 2.20. The first kappa shape index (κ1) is 10.2. The highest BCUT2D eigenvalue weighted by molar-refractivity contribution is 5.76. The van der Waals surface area contributed by atoms with Crippen molar-refractivity contribution in [2.24, 2.45) is 0 Å². The van der Waals surface area contributed by atoms with Crippen molar-refractivity contribution in [1.82, 2.24) is 15.3 Å². The molecular weight excluding hydrogens is 202 g/mol. The summed E-state index contributed by atoms with van der Waals surface area (Å²) >= 11 is 0. The Morgan fingerprint density at radius 1 is 1.56 bits per heavy atom. The van der Waals surface area contributed by atoms with E-state index in [-0.39, 0.29) is 5.91 Å². The van der Waals surface area contributed by atoms with E-state index >= 15 is 0 Å². The van der Waals surface area contributed by atoms with Crippen LogP contribution in [-0.2, 0) is 4.79 Å². The lowest BCUT2D eigenvalue weighted by atomic mass is 10.3. The van der Waals surface area contributed by atoms with E-state index in [2.05, 4.69) is 21.2 Å². The molecule has 0 radical (unpaired) electrons. The Hall–Kier alpha value is -2.28. The van der Waals surface area contributed by atoms with Crippen LogP contribution in [0.5, 0.6) is 0 Å². The molecule has 0 aliphatic heterocycles. The van der Waals surface area contributed by atoms with Gasteiger partial charge in [0.15, 0.2) is 0 Å². The number of nitrogens with one attached hydrogen (secondary N) is 2. The zero-order chi connectivity index (χ0) is 11.5. The number of benzene rings is 1. The topological polar surface area (TPSA) is 57.8 Å². The molecule has 1 aromatic heterocycles. The van der Waals surface area contributed by atoms with E-state index in [0.29, 0.717) is 5.82 Å². The Bertz CT molecular complexity index is 532. The summed E-state index contributed by atoms with van der Waals surface area (Å²) in [6, 6.07) is 7.10. The van der Waals surface area contributed by atoms with E-state index < -0.39 is 6.04 Å². The maximum Gasteiger partial charge on any atom is 0.218 e. The molecule has 0 fully saturated rings. The number of H-pyrrole nitrogens is 1. The minimum Gasteiger partial charge on any atom is -0.339 e. The van der Waals surface area contributed by atoms with Gasteiger partial charge in [0, 0.05) is 6.92 Å². The molecule has 2 aromatic rings. The normalized spacial score (nSPS) is 12.0. The molecule has 4 nitrogen and oxygen atoms in total. The first-order valence-electron chi connectivity index (χ1n) is 4.88. The Labute approximate surface area is 93.1 Å². The molecule has 1 amide bonds. The molecule has 16 heavy (non-hydrogen) atoms. The molecule has 4 heteroatoms. The molecule has 1 atom stereocenters. The zero-order valence-electron chi connectivity index (χ0n) is 8.82. The molecular formula is C12H11N3O. The molecule has 2 rings (SSSR count). The van der Waals surface area contributed by atoms with E-state index in [1.54, 1.807) is 0 Å². The van der Waals surface area contributed by atoms with Gasteiger partial charge >= 0.3 is 0 Å². The number of aromatic nitrogens is 2. The van der Waals surface area contributed by atoms with E-state index in [9.17, 15) is 4.79 Å². The highest BCUT2D eigenvalue weighted by Crippen LogP contribution is 2.15. The third kappa shape index (κ3) is 1.89. The number of amides is 1. The number of nitrogens with zero attached hydrogens (tertiary/aromatic N) is 1. The average Bonchev–Trinajstić information content (AvgIpc) is 2.68. The maximum absolute atomic E-state index is 11.0. The van der Waals surface area contributed by atoms with Gasteiger partial charge < -0.3 is 10.3 Å². The van der Waals surface area contributed by atoms with Gasteiger partial charge in [-0.25, -0.2) is 4.98 Å². The summed E-state index contributed by atoms with van der Waals surface area (Å²) in [4.78, 5) is 18.4. The number of carbonyl (C=O) groups is 1. The van der Waals surface area contributed by atoms with Gasteiger partial charge in [-0.3, -0.25) is 4.79 Å². The van der Waals surface area contributed by atoms with E-state index in [1.165, 1.54) is 6.92 Å². The fourth-order valence-corrected chi connectivity index (χ4v) is 1.50. The van der Waals surface area contributed by atoms with Gasteiger partial charge in [0.1, 0.15) is 11.9 Å². The lowest BCUT2D eigenvalue weighted by molar-refractivity contribution is -0.119. The van der Waals surface area contributed by atoms with Crippen molar-refractivity contribution in [1.29, 1.82) is 0 Å². The van der Waals surface area contributed by atoms with Crippen molar-refractivity contribution in [3.05, 3.63) is 30.1 Å². The van der Waals surface area contributed by atoms with Crippen molar-refractivity contribution < 1.29 is 4.79 Å². The van der Waals surface area contributed by atoms with Crippen LogP contribution in [0.3, 0.4) is 0 Å². The number of para-hydroxylation sites is 2. The number of hydrogen-bond donors (Lipinski definition) is 2. The Morgan fingerprint density at radius 2 is 2.31 bits per heavy atom. The van der Waals surface area contributed by atoms with Crippen molar-refractivity contribution in [3.8, 4) is 12.3 Å². The van der Waals surface area contributed by atoms with Gasteiger partial charge in [0.25, 0.3) is 0 Å².